The van der Waals surface area contributed by atoms with E-state index in [9.17, 15) is 18.0 Å². The molecule has 0 radical (unpaired) electrons. The van der Waals surface area contributed by atoms with Crippen LogP contribution in [0.1, 0.15) is 28.8 Å². The Morgan fingerprint density at radius 2 is 1.78 bits per heavy atom. The molecule has 0 saturated carbocycles. The molecule has 2 amide bonds. The van der Waals surface area contributed by atoms with Gasteiger partial charge < -0.3 is 20.1 Å². The van der Waals surface area contributed by atoms with Gasteiger partial charge in [0, 0.05) is 25.3 Å². The van der Waals surface area contributed by atoms with E-state index in [1.165, 1.54) is 24.3 Å². The minimum atomic E-state index is -3.69. The van der Waals surface area contributed by atoms with Crippen LogP contribution in [-0.4, -0.2) is 53.1 Å². The molecule has 2 aromatic rings. The quantitative estimate of drug-likeness (QED) is 0.489. The Morgan fingerprint density at radius 3 is 2.41 bits per heavy atom. The van der Waals surface area contributed by atoms with Gasteiger partial charge in [0.05, 0.1) is 24.7 Å². The molecule has 0 aromatic heterocycles. The van der Waals surface area contributed by atoms with E-state index >= 15 is 0 Å². The molecule has 3 rings (SSSR count). The van der Waals surface area contributed by atoms with Crippen molar-refractivity contribution in [1.82, 2.24) is 15.4 Å². The summed E-state index contributed by atoms with van der Waals surface area (Å²) < 4.78 is 37.8. The highest BCUT2D eigenvalue weighted by Gasteiger charge is 2.20. The number of hydrogen-bond donors (Lipinski definition) is 3. The number of carbonyl (C=O) groups excluding carboxylic acids is 2. The van der Waals surface area contributed by atoms with Crippen LogP contribution in [0.5, 0.6) is 5.75 Å². The van der Waals surface area contributed by atoms with Crippen molar-refractivity contribution >= 4 is 21.8 Å². The van der Waals surface area contributed by atoms with Gasteiger partial charge in [-0.05, 0) is 54.8 Å². The fourth-order valence-corrected chi connectivity index (χ4v) is 4.21. The van der Waals surface area contributed by atoms with Crippen molar-refractivity contribution in [1.29, 1.82) is 0 Å². The van der Waals surface area contributed by atoms with E-state index < -0.39 is 15.9 Å². The topological polar surface area (TPSA) is 123 Å². The highest BCUT2D eigenvalue weighted by atomic mass is 32.2. The summed E-state index contributed by atoms with van der Waals surface area (Å²) in [7, 11) is -2.11. The molecule has 1 saturated heterocycles. The maximum atomic E-state index is 12.4. The molecule has 1 aliphatic heterocycles. The molecule has 1 atom stereocenters. The number of benzene rings is 2. The highest BCUT2D eigenvalue weighted by Crippen LogP contribution is 2.14. The van der Waals surface area contributed by atoms with Crippen LogP contribution in [0, 0.1) is 0 Å². The standard InChI is InChI=1S/C22H27N3O6S/c1-30-18-8-4-16(5-9-18)13-23-21(26)15-24-22(27)17-6-10-20(11-7-17)32(28,29)25-14-19-3-2-12-31-19/h4-11,19,25H,2-3,12-15H2,1H3,(H,23,26)(H,24,27). The Bertz CT molecular complexity index is 1020. The van der Waals surface area contributed by atoms with Gasteiger partial charge in [-0.25, -0.2) is 13.1 Å². The predicted octanol–water partition coefficient (Wildman–Crippen LogP) is 1.20. The Labute approximate surface area is 187 Å². The largest absolute Gasteiger partial charge is 0.497 e. The number of carbonyl (C=O) groups is 2. The Hall–Kier alpha value is -2.95. The van der Waals surface area contributed by atoms with Crippen LogP contribution in [0.3, 0.4) is 0 Å². The van der Waals surface area contributed by atoms with Gasteiger partial charge in [-0.3, -0.25) is 9.59 Å². The van der Waals surface area contributed by atoms with Crippen LogP contribution in [0.25, 0.3) is 0 Å². The minimum absolute atomic E-state index is 0.0595. The normalized spacial score (nSPS) is 15.8. The number of sulfonamides is 1. The second-order valence-corrected chi connectivity index (χ2v) is 9.09. The highest BCUT2D eigenvalue weighted by molar-refractivity contribution is 7.89. The number of nitrogens with one attached hydrogen (secondary N) is 3. The number of methoxy groups -OCH3 is 1. The molecule has 1 aliphatic rings. The van der Waals surface area contributed by atoms with Crippen molar-refractivity contribution < 1.29 is 27.5 Å². The summed E-state index contributed by atoms with van der Waals surface area (Å²) >= 11 is 0. The maximum Gasteiger partial charge on any atom is 0.251 e. The van der Waals surface area contributed by atoms with Crippen molar-refractivity contribution in [2.75, 3.05) is 26.8 Å². The summed E-state index contributed by atoms with van der Waals surface area (Å²) in [4.78, 5) is 24.3. The first-order valence-corrected chi connectivity index (χ1v) is 11.7. The van der Waals surface area contributed by atoms with Gasteiger partial charge in [0.15, 0.2) is 0 Å². The first-order chi connectivity index (χ1) is 15.4. The van der Waals surface area contributed by atoms with Gasteiger partial charge in [-0.2, -0.15) is 0 Å². The van der Waals surface area contributed by atoms with E-state index in [0.717, 1.165) is 24.2 Å². The van der Waals surface area contributed by atoms with Crippen molar-refractivity contribution in [3.8, 4) is 5.75 Å². The van der Waals surface area contributed by atoms with Crippen molar-refractivity contribution in [3.63, 3.8) is 0 Å². The summed E-state index contributed by atoms with van der Waals surface area (Å²) in [5.41, 5.74) is 1.15. The molecule has 32 heavy (non-hydrogen) atoms. The van der Waals surface area contributed by atoms with Gasteiger partial charge in [0.25, 0.3) is 5.91 Å². The SMILES string of the molecule is COc1ccc(CNC(=O)CNC(=O)c2ccc(S(=O)(=O)NCC3CCCO3)cc2)cc1. The molecular weight excluding hydrogens is 434 g/mol. The third kappa shape index (κ3) is 6.78. The van der Waals surface area contributed by atoms with Crippen molar-refractivity contribution in [3.05, 3.63) is 59.7 Å². The van der Waals surface area contributed by atoms with Gasteiger partial charge >= 0.3 is 0 Å². The van der Waals surface area contributed by atoms with Gasteiger partial charge in [-0.15, -0.1) is 0 Å². The van der Waals surface area contributed by atoms with Crippen molar-refractivity contribution in [2.24, 2.45) is 0 Å². The summed E-state index contributed by atoms with van der Waals surface area (Å²) in [5, 5.41) is 5.24. The minimum Gasteiger partial charge on any atom is -0.497 e. The number of ether oxygens (including phenoxy) is 2. The lowest BCUT2D eigenvalue weighted by Gasteiger charge is -2.12. The lowest BCUT2D eigenvalue weighted by atomic mass is 10.2. The van der Waals surface area contributed by atoms with Crippen LogP contribution in [0.2, 0.25) is 0 Å². The summed E-state index contributed by atoms with van der Waals surface area (Å²) in [6, 6.07) is 12.8. The average Bonchev–Trinajstić information content (AvgIpc) is 3.34. The lowest BCUT2D eigenvalue weighted by molar-refractivity contribution is -0.120. The third-order valence-electron chi connectivity index (χ3n) is 5.01. The second kappa shape index (κ2) is 11.1. The number of hydrogen-bond acceptors (Lipinski definition) is 6. The molecule has 0 spiro atoms. The molecule has 172 valence electrons. The Kier molecular flexibility index (Phi) is 8.20. The smallest absolute Gasteiger partial charge is 0.251 e. The van der Waals surface area contributed by atoms with E-state index in [1.54, 1.807) is 19.2 Å². The van der Waals surface area contributed by atoms with Gasteiger partial charge in [0.2, 0.25) is 15.9 Å². The summed E-state index contributed by atoms with van der Waals surface area (Å²) in [6.45, 7) is 0.994. The molecule has 1 heterocycles. The zero-order valence-electron chi connectivity index (χ0n) is 17.8. The summed E-state index contributed by atoms with van der Waals surface area (Å²) in [6.07, 6.45) is 1.65. The third-order valence-corrected chi connectivity index (χ3v) is 6.45. The van der Waals surface area contributed by atoms with Crippen LogP contribution >= 0.6 is 0 Å². The van der Waals surface area contributed by atoms with E-state index in [2.05, 4.69) is 15.4 Å². The van der Waals surface area contributed by atoms with E-state index in [-0.39, 0.29) is 35.6 Å². The first-order valence-electron chi connectivity index (χ1n) is 10.3. The average molecular weight is 462 g/mol. The molecule has 1 fully saturated rings. The molecular formula is C22H27N3O6S. The first kappa shape index (κ1) is 23.7. The zero-order chi connectivity index (χ0) is 23.0. The van der Waals surface area contributed by atoms with Crippen LogP contribution < -0.4 is 20.1 Å². The fourth-order valence-electron chi connectivity index (χ4n) is 3.15. The zero-order valence-corrected chi connectivity index (χ0v) is 18.6. The Morgan fingerprint density at radius 1 is 1.06 bits per heavy atom. The van der Waals surface area contributed by atoms with Gasteiger partial charge in [-0.1, -0.05) is 12.1 Å². The van der Waals surface area contributed by atoms with E-state index in [4.69, 9.17) is 9.47 Å². The molecule has 9 nitrogen and oxygen atoms in total. The van der Waals surface area contributed by atoms with Gasteiger partial charge in [0.1, 0.15) is 5.75 Å². The van der Waals surface area contributed by atoms with E-state index in [0.29, 0.717) is 13.2 Å². The lowest BCUT2D eigenvalue weighted by Crippen LogP contribution is -2.36. The molecule has 2 aromatic carbocycles. The fraction of sp³-hybridized carbons (Fsp3) is 0.364. The second-order valence-electron chi connectivity index (χ2n) is 7.32. The predicted molar refractivity (Wildman–Crippen MR) is 118 cm³/mol. The molecule has 3 N–H and O–H groups in total. The van der Waals surface area contributed by atoms with Crippen LogP contribution in [0.4, 0.5) is 0 Å². The van der Waals surface area contributed by atoms with Crippen LogP contribution in [-0.2, 0) is 26.1 Å². The molecule has 10 heteroatoms. The monoisotopic (exact) mass is 461 g/mol. The van der Waals surface area contributed by atoms with E-state index in [1.807, 2.05) is 12.1 Å². The molecule has 0 aliphatic carbocycles. The number of amides is 2. The van der Waals surface area contributed by atoms with Crippen molar-refractivity contribution in [2.45, 2.75) is 30.4 Å². The van der Waals surface area contributed by atoms with Crippen LogP contribution in [0.15, 0.2) is 53.4 Å². The Balaban J connectivity index is 1.44. The number of rotatable bonds is 10. The summed E-state index contributed by atoms with van der Waals surface area (Å²) in [5.74, 6) is -0.0858. The molecule has 1 unspecified atom stereocenters. The maximum absolute atomic E-state index is 12.4. The molecule has 0 bridgehead atoms.